The summed E-state index contributed by atoms with van der Waals surface area (Å²) in [5.41, 5.74) is 0.793. The number of rotatable bonds is 2. The first-order valence-electron chi connectivity index (χ1n) is 5.40. The quantitative estimate of drug-likeness (QED) is 0.768. The van der Waals surface area contributed by atoms with Gasteiger partial charge in [0.25, 0.3) is 0 Å². The van der Waals surface area contributed by atoms with Gasteiger partial charge in [0.2, 0.25) is 0 Å². The summed E-state index contributed by atoms with van der Waals surface area (Å²) in [6, 6.07) is 5.42. The normalized spacial score (nSPS) is 14.8. The second kappa shape index (κ2) is 3.89. The highest BCUT2D eigenvalue weighted by Gasteiger charge is 2.26. The second-order valence-electron chi connectivity index (χ2n) is 4.56. The summed E-state index contributed by atoms with van der Waals surface area (Å²) in [7, 11) is 0. The summed E-state index contributed by atoms with van der Waals surface area (Å²) < 4.78 is 5.62. The maximum atomic E-state index is 10.8. The number of anilines is 1. The van der Waals surface area contributed by atoms with Crippen LogP contribution in [0.4, 0.5) is 5.69 Å². The molecule has 1 aromatic carbocycles. The number of nitrogens with one attached hydrogen (secondary N) is 1. The van der Waals surface area contributed by atoms with Crippen LogP contribution in [0.5, 0.6) is 5.75 Å². The van der Waals surface area contributed by atoms with E-state index in [2.05, 4.69) is 5.32 Å². The predicted molar refractivity (Wildman–Crippen MR) is 64.7 cm³/mol. The highest BCUT2D eigenvalue weighted by Crippen LogP contribution is 2.39. The van der Waals surface area contributed by atoms with Gasteiger partial charge in [-0.1, -0.05) is 12.1 Å². The molecule has 4 nitrogen and oxygen atoms in total. The van der Waals surface area contributed by atoms with Crippen molar-refractivity contribution in [3.05, 3.63) is 35.2 Å². The van der Waals surface area contributed by atoms with Crippen LogP contribution < -0.4 is 10.1 Å². The molecule has 1 heterocycles. The zero-order valence-electron chi connectivity index (χ0n) is 10.1. The van der Waals surface area contributed by atoms with Gasteiger partial charge in [-0.15, -0.1) is 0 Å². The summed E-state index contributed by atoms with van der Waals surface area (Å²) in [6.45, 7) is 5.10. The topological polar surface area (TPSA) is 58.6 Å². The third-order valence-corrected chi connectivity index (χ3v) is 2.70. The van der Waals surface area contributed by atoms with Gasteiger partial charge in [-0.25, -0.2) is 0 Å². The summed E-state index contributed by atoms with van der Waals surface area (Å²) >= 11 is 0. The van der Waals surface area contributed by atoms with Crippen LogP contribution in [0.3, 0.4) is 0 Å². The van der Waals surface area contributed by atoms with E-state index in [4.69, 9.17) is 4.74 Å². The Kier molecular flexibility index (Phi) is 2.67. The lowest BCUT2D eigenvalue weighted by Crippen LogP contribution is -2.21. The van der Waals surface area contributed by atoms with Crippen molar-refractivity contribution in [1.82, 2.24) is 0 Å². The number of ether oxygens (including phenoxy) is 1. The lowest BCUT2D eigenvalue weighted by Gasteiger charge is -2.27. The lowest BCUT2D eigenvalue weighted by atomic mass is 9.96. The first kappa shape index (κ1) is 11.7. The van der Waals surface area contributed by atoms with E-state index in [1.54, 1.807) is 32.9 Å². The number of carbonyl (C=O) groups excluding carboxylic acids is 1. The van der Waals surface area contributed by atoms with Crippen molar-refractivity contribution in [2.75, 3.05) is 5.32 Å². The molecule has 0 atom stereocenters. The fourth-order valence-electron chi connectivity index (χ4n) is 1.78. The van der Waals surface area contributed by atoms with Crippen molar-refractivity contribution in [2.45, 2.75) is 26.4 Å². The first-order valence-corrected chi connectivity index (χ1v) is 5.40. The monoisotopic (exact) mass is 233 g/mol. The zero-order chi connectivity index (χ0) is 12.6. The minimum Gasteiger partial charge on any atom is -0.457 e. The molecule has 0 saturated heterocycles. The van der Waals surface area contributed by atoms with Gasteiger partial charge in [-0.3, -0.25) is 4.79 Å². The van der Waals surface area contributed by atoms with Crippen molar-refractivity contribution in [1.29, 1.82) is 0 Å². The van der Waals surface area contributed by atoms with E-state index in [0.29, 0.717) is 28.5 Å². The van der Waals surface area contributed by atoms with Crippen molar-refractivity contribution in [3.8, 4) is 5.75 Å². The predicted octanol–water partition coefficient (Wildman–Crippen LogP) is 2.15. The summed E-state index contributed by atoms with van der Waals surface area (Å²) in [5.74, 6) is 1.08. The maximum absolute atomic E-state index is 10.8. The molecule has 17 heavy (non-hydrogen) atoms. The van der Waals surface area contributed by atoms with Gasteiger partial charge in [0.05, 0.1) is 11.3 Å². The number of hydrogen-bond donors (Lipinski definition) is 2. The van der Waals surface area contributed by atoms with Gasteiger partial charge < -0.3 is 15.2 Å². The molecule has 90 valence electrons. The molecule has 0 aromatic heterocycles. The number of benzene rings is 1. The Bertz CT molecular complexity index is 498. The average Bonchev–Trinajstić information content (AvgIpc) is 2.26. The molecule has 4 heteroatoms. The number of hydrogen-bond acceptors (Lipinski definition) is 4. The fraction of sp³-hybridized carbons (Fsp3) is 0.308. The summed E-state index contributed by atoms with van der Waals surface area (Å²) in [5, 5.41) is 13.0. The van der Waals surface area contributed by atoms with Crippen LogP contribution in [-0.4, -0.2) is 11.4 Å². The van der Waals surface area contributed by atoms with Gasteiger partial charge in [-0.05, 0) is 26.8 Å². The lowest BCUT2D eigenvalue weighted by molar-refractivity contribution is -0.104. The van der Waals surface area contributed by atoms with Crippen molar-refractivity contribution >= 4 is 12.0 Å². The van der Waals surface area contributed by atoms with Crippen molar-refractivity contribution in [2.24, 2.45) is 0 Å². The van der Waals surface area contributed by atoms with Crippen LogP contribution >= 0.6 is 0 Å². The third-order valence-electron chi connectivity index (χ3n) is 2.70. The van der Waals surface area contributed by atoms with Crippen molar-refractivity contribution < 1.29 is 14.6 Å². The molecule has 0 unspecified atom stereocenters. The highest BCUT2D eigenvalue weighted by molar-refractivity contribution is 5.83. The highest BCUT2D eigenvalue weighted by atomic mass is 16.5. The zero-order valence-corrected chi connectivity index (χ0v) is 10.1. The van der Waals surface area contributed by atoms with E-state index in [0.717, 1.165) is 6.29 Å². The Labute approximate surface area is 99.9 Å². The minimum atomic E-state index is -0.994. The van der Waals surface area contributed by atoms with Crippen molar-refractivity contribution in [3.63, 3.8) is 0 Å². The number of para-hydroxylation sites is 1. The molecule has 0 bridgehead atoms. The molecule has 1 aromatic rings. The molecular formula is C13H15NO3. The van der Waals surface area contributed by atoms with Crippen LogP contribution in [0.15, 0.2) is 29.7 Å². The third kappa shape index (κ3) is 2.03. The Morgan fingerprint density at radius 2 is 2.12 bits per heavy atom. The number of aliphatic hydroxyl groups is 1. The number of allylic oxidation sites excluding steroid dienone is 2. The number of fused-ring (bicyclic) bond motifs is 1. The Morgan fingerprint density at radius 3 is 2.71 bits per heavy atom. The largest absolute Gasteiger partial charge is 0.457 e. The first-order chi connectivity index (χ1) is 7.93. The van der Waals surface area contributed by atoms with E-state index < -0.39 is 5.60 Å². The fourth-order valence-corrected chi connectivity index (χ4v) is 1.78. The van der Waals surface area contributed by atoms with E-state index in [1.807, 2.05) is 6.07 Å². The van der Waals surface area contributed by atoms with Crippen LogP contribution in [0.1, 0.15) is 26.3 Å². The molecule has 0 saturated carbocycles. The second-order valence-corrected chi connectivity index (χ2v) is 4.56. The SMILES string of the molecule is CC1=C(C=O)Nc2cccc(C(C)(C)O)c2O1. The average molecular weight is 233 g/mol. The molecule has 0 radical (unpaired) electrons. The van der Waals surface area contributed by atoms with E-state index in [9.17, 15) is 9.90 Å². The molecule has 2 N–H and O–H groups in total. The summed E-state index contributed by atoms with van der Waals surface area (Å²) in [6.07, 6.45) is 0.717. The van der Waals surface area contributed by atoms with E-state index >= 15 is 0 Å². The van der Waals surface area contributed by atoms with E-state index in [1.165, 1.54) is 0 Å². The van der Waals surface area contributed by atoms with Gasteiger partial charge in [0.1, 0.15) is 11.5 Å². The molecule has 0 aliphatic carbocycles. The smallest absolute Gasteiger partial charge is 0.169 e. The summed E-state index contributed by atoms with van der Waals surface area (Å²) in [4.78, 5) is 10.8. The molecule has 0 spiro atoms. The Balaban J connectivity index is 2.53. The molecule has 0 amide bonds. The Morgan fingerprint density at radius 1 is 1.41 bits per heavy atom. The molecule has 1 aliphatic heterocycles. The molecule has 1 aliphatic rings. The minimum absolute atomic E-state index is 0.408. The van der Waals surface area contributed by atoms with Gasteiger partial charge >= 0.3 is 0 Å². The van der Waals surface area contributed by atoms with Crippen LogP contribution in [-0.2, 0) is 10.4 Å². The van der Waals surface area contributed by atoms with Gasteiger partial charge in [0, 0.05) is 5.56 Å². The van der Waals surface area contributed by atoms with Gasteiger partial charge in [0.15, 0.2) is 12.0 Å². The van der Waals surface area contributed by atoms with Crippen LogP contribution in [0, 0.1) is 0 Å². The van der Waals surface area contributed by atoms with Crippen LogP contribution in [0.2, 0.25) is 0 Å². The van der Waals surface area contributed by atoms with E-state index in [-0.39, 0.29) is 0 Å². The molecule has 2 rings (SSSR count). The maximum Gasteiger partial charge on any atom is 0.169 e. The molecule has 0 fully saturated rings. The Hall–Kier alpha value is -1.81. The molecular weight excluding hydrogens is 218 g/mol. The van der Waals surface area contributed by atoms with Gasteiger partial charge in [-0.2, -0.15) is 0 Å². The number of carbonyl (C=O) groups is 1. The standard InChI is InChI=1S/C13H15NO3/c1-8-11(7-15)14-10-6-4-5-9(12(10)17-8)13(2,3)16/h4-7,14,16H,1-3H3. The number of aldehydes is 1. The van der Waals surface area contributed by atoms with Crippen LogP contribution in [0.25, 0.3) is 0 Å².